The summed E-state index contributed by atoms with van der Waals surface area (Å²) in [4.78, 5) is 24.9. The third kappa shape index (κ3) is 1.76. The van der Waals surface area contributed by atoms with E-state index in [0.29, 0.717) is 42.1 Å². The number of anilines is 2. The molecule has 94 valence electrons. The van der Waals surface area contributed by atoms with Crippen molar-refractivity contribution < 1.29 is 9.16 Å². The highest BCUT2D eigenvalue weighted by Crippen LogP contribution is 2.20. The zero-order valence-electron chi connectivity index (χ0n) is 9.67. The van der Waals surface area contributed by atoms with E-state index in [2.05, 4.69) is 15.0 Å². The molecule has 1 aliphatic rings. The number of hydrogen-bond acceptors (Lipinski definition) is 6. The summed E-state index contributed by atoms with van der Waals surface area (Å²) < 4.78 is 5.97. The van der Waals surface area contributed by atoms with E-state index in [4.69, 9.17) is 10.5 Å². The molecule has 0 saturated carbocycles. The van der Waals surface area contributed by atoms with Gasteiger partial charge in [0, 0.05) is 28.7 Å². The smallest absolute Gasteiger partial charge is 0.378 e. The van der Waals surface area contributed by atoms with Crippen LogP contribution in [-0.4, -0.2) is 41.3 Å². The first-order valence-electron chi connectivity index (χ1n) is 5.65. The molecule has 2 aromatic rings. The summed E-state index contributed by atoms with van der Waals surface area (Å²) in [5.74, 6) is 0.735. The molecule has 0 bridgehead atoms. The summed E-state index contributed by atoms with van der Waals surface area (Å²) >= 11 is 0. The lowest BCUT2D eigenvalue weighted by Gasteiger charge is -2.27. The van der Waals surface area contributed by atoms with Crippen LogP contribution in [0.3, 0.4) is 0 Å². The standard InChI is InChI=1S/C10H13N6O2/c11-10-13-8(15-3-5-18-6-4-15)7-9(14-10)16(17)2-1-12-7/h1-2H,3-6H2,(H,12,17)(H2,11,13,14)/q+1. The Morgan fingerprint density at radius 3 is 2.94 bits per heavy atom. The number of ether oxygens (including phenoxy) is 1. The van der Waals surface area contributed by atoms with Crippen molar-refractivity contribution in [2.75, 3.05) is 36.9 Å². The molecule has 0 spiro atoms. The third-order valence-electron chi connectivity index (χ3n) is 2.85. The van der Waals surface area contributed by atoms with Crippen molar-refractivity contribution in [2.24, 2.45) is 0 Å². The lowest BCUT2D eigenvalue weighted by atomic mass is 10.3. The third-order valence-corrected chi connectivity index (χ3v) is 2.85. The van der Waals surface area contributed by atoms with E-state index < -0.39 is 0 Å². The van der Waals surface area contributed by atoms with Crippen LogP contribution in [0, 0.1) is 4.91 Å². The molecule has 3 heterocycles. The van der Waals surface area contributed by atoms with Gasteiger partial charge in [0.05, 0.1) is 13.2 Å². The molecular weight excluding hydrogens is 236 g/mol. The lowest BCUT2D eigenvalue weighted by molar-refractivity contribution is -0.466. The molecule has 1 aliphatic heterocycles. The van der Waals surface area contributed by atoms with Gasteiger partial charge < -0.3 is 20.4 Å². The highest BCUT2D eigenvalue weighted by atomic mass is 16.5. The molecule has 8 nitrogen and oxygen atoms in total. The Kier molecular flexibility index (Phi) is 2.56. The van der Waals surface area contributed by atoms with Gasteiger partial charge in [-0.15, -0.1) is 0 Å². The first kappa shape index (κ1) is 10.9. The second kappa shape index (κ2) is 4.22. The largest absolute Gasteiger partial charge is 0.397 e. The van der Waals surface area contributed by atoms with Crippen LogP contribution >= 0.6 is 0 Å². The topological polar surface area (TPSA) is 103 Å². The number of fused-ring (bicyclic) bond motifs is 1. The predicted octanol–water partition coefficient (Wildman–Crippen LogP) is -0.709. The zero-order valence-corrected chi connectivity index (χ0v) is 9.67. The second-order valence-electron chi connectivity index (χ2n) is 3.99. The number of rotatable bonds is 1. The van der Waals surface area contributed by atoms with Crippen LogP contribution in [-0.2, 0) is 4.74 Å². The number of nitrogen functional groups attached to an aromatic ring is 1. The van der Waals surface area contributed by atoms with Gasteiger partial charge in [-0.05, 0) is 0 Å². The first-order chi connectivity index (χ1) is 8.75. The molecule has 0 atom stereocenters. The fourth-order valence-electron chi connectivity index (χ4n) is 2.01. The molecule has 8 heteroatoms. The minimum Gasteiger partial charge on any atom is -0.378 e. The van der Waals surface area contributed by atoms with Crippen LogP contribution in [0.25, 0.3) is 11.2 Å². The Bertz CT molecular complexity index is 634. The Labute approximate surface area is 102 Å². The zero-order chi connectivity index (χ0) is 12.5. The number of aromatic nitrogens is 4. The van der Waals surface area contributed by atoms with Gasteiger partial charge >= 0.3 is 11.6 Å². The van der Waals surface area contributed by atoms with Crippen molar-refractivity contribution >= 4 is 22.9 Å². The second-order valence-corrected chi connectivity index (χ2v) is 3.99. The van der Waals surface area contributed by atoms with Crippen molar-refractivity contribution in [3.63, 3.8) is 0 Å². The number of nitrogens with zero attached hydrogens (tertiary/aromatic N) is 4. The molecule has 0 amide bonds. The van der Waals surface area contributed by atoms with Crippen molar-refractivity contribution in [3.8, 4) is 0 Å². The maximum atomic E-state index is 11.7. The molecular formula is C10H13N6O2+. The van der Waals surface area contributed by atoms with Gasteiger partial charge in [0.25, 0.3) is 0 Å². The predicted molar refractivity (Wildman–Crippen MR) is 64.7 cm³/mol. The summed E-state index contributed by atoms with van der Waals surface area (Å²) in [5, 5.41) is 0. The minimum absolute atomic E-state index is 0.0909. The van der Waals surface area contributed by atoms with E-state index in [1.807, 2.05) is 4.90 Å². The van der Waals surface area contributed by atoms with Crippen LogP contribution in [0.1, 0.15) is 0 Å². The first-order valence-corrected chi connectivity index (χ1v) is 5.65. The monoisotopic (exact) mass is 249 g/mol. The molecule has 3 N–H and O–H groups in total. The fraction of sp³-hybridized carbons (Fsp3) is 0.400. The quantitative estimate of drug-likeness (QED) is 0.647. The average molecular weight is 249 g/mol. The van der Waals surface area contributed by atoms with Crippen molar-refractivity contribution in [1.29, 1.82) is 0 Å². The van der Waals surface area contributed by atoms with Gasteiger partial charge in [-0.1, -0.05) is 4.91 Å². The number of nitrogens with one attached hydrogen (secondary N) is 1. The summed E-state index contributed by atoms with van der Waals surface area (Å²) in [7, 11) is 0. The van der Waals surface area contributed by atoms with Gasteiger partial charge in [-0.3, -0.25) is 0 Å². The molecule has 1 saturated heterocycles. The van der Waals surface area contributed by atoms with Gasteiger partial charge in [0.15, 0.2) is 17.5 Å². The van der Waals surface area contributed by atoms with Crippen LogP contribution in [0.4, 0.5) is 11.8 Å². The molecule has 3 rings (SSSR count). The number of morpholine rings is 1. The van der Waals surface area contributed by atoms with Crippen LogP contribution in [0.2, 0.25) is 0 Å². The van der Waals surface area contributed by atoms with Crippen LogP contribution in [0.5, 0.6) is 0 Å². The van der Waals surface area contributed by atoms with Gasteiger partial charge in [0.2, 0.25) is 0 Å². The normalized spacial score (nSPS) is 16.1. The average Bonchev–Trinajstić information content (AvgIpc) is 2.40. The molecule has 2 aromatic heterocycles. The Morgan fingerprint density at radius 1 is 1.39 bits per heavy atom. The molecule has 18 heavy (non-hydrogen) atoms. The molecule has 1 fully saturated rings. The number of nitrogens with two attached hydrogens (primary N) is 1. The van der Waals surface area contributed by atoms with Crippen molar-refractivity contribution in [1.82, 2.24) is 15.0 Å². The van der Waals surface area contributed by atoms with Crippen molar-refractivity contribution in [3.05, 3.63) is 17.3 Å². The summed E-state index contributed by atoms with van der Waals surface area (Å²) in [5.41, 5.74) is 6.48. The van der Waals surface area contributed by atoms with E-state index >= 15 is 0 Å². The molecule has 0 unspecified atom stereocenters. The van der Waals surface area contributed by atoms with E-state index in [-0.39, 0.29) is 11.6 Å². The maximum absolute atomic E-state index is 11.7. The Balaban J connectivity index is 2.21. The van der Waals surface area contributed by atoms with Crippen LogP contribution in [0.15, 0.2) is 12.4 Å². The summed E-state index contributed by atoms with van der Waals surface area (Å²) in [6.07, 6.45) is 2.90. The summed E-state index contributed by atoms with van der Waals surface area (Å²) in [6, 6.07) is 0. The number of hydrogen-bond donors (Lipinski definition) is 2. The number of H-pyrrole nitrogens is 1. The Hall–Kier alpha value is -2.22. The fourth-order valence-corrected chi connectivity index (χ4v) is 2.01. The van der Waals surface area contributed by atoms with Gasteiger partial charge in [0.1, 0.15) is 0 Å². The maximum Gasteiger partial charge on any atom is 0.397 e. The Morgan fingerprint density at radius 2 is 2.17 bits per heavy atom. The van der Waals surface area contributed by atoms with E-state index in [1.54, 1.807) is 6.20 Å². The van der Waals surface area contributed by atoms with E-state index in [1.165, 1.54) is 6.20 Å². The molecule has 0 aliphatic carbocycles. The lowest BCUT2D eigenvalue weighted by Crippen LogP contribution is -2.37. The van der Waals surface area contributed by atoms with Gasteiger partial charge in [-0.25, -0.2) is 0 Å². The highest BCUT2D eigenvalue weighted by Gasteiger charge is 2.22. The van der Waals surface area contributed by atoms with Crippen molar-refractivity contribution in [2.45, 2.75) is 0 Å². The SMILES string of the molecule is Nc1nc(N2CCOCC2)c2[nH]cc[n+](=O)c2n1. The van der Waals surface area contributed by atoms with Crippen LogP contribution < -0.4 is 15.1 Å². The minimum atomic E-state index is 0.0909. The van der Waals surface area contributed by atoms with E-state index in [9.17, 15) is 4.91 Å². The summed E-state index contributed by atoms with van der Waals surface area (Å²) in [6.45, 7) is 2.70. The van der Waals surface area contributed by atoms with Gasteiger partial charge in [-0.2, -0.15) is 4.98 Å². The molecule has 0 aromatic carbocycles. The van der Waals surface area contributed by atoms with E-state index in [0.717, 1.165) is 0 Å². The molecule has 0 radical (unpaired) electrons. The number of aromatic amines is 1. The highest BCUT2D eigenvalue weighted by molar-refractivity contribution is 5.81.